The van der Waals surface area contributed by atoms with Crippen molar-refractivity contribution in [3.05, 3.63) is 58.7 Å². The fourth-order valence-corrected chi connectivity index (χ4v) is 3.36. The molecule has 0 N–H and O–H groups in total. The lowest BCUT2D eigenvalue weighted by Gasteiger charge is -2.18. The maximum absolute atomic E-state index is 5.80. The van der Waals surface area contributed by atoms with E-state index in [9.17, 15) is 0 Å². The van der Waals surface area contributed by atoms with E-state index in [1.54, 1.807) is 14.2 Å². The van der Waals surface area contributed by atoms with Crippen LogP contribution in [0.2, 0.25) is 0 Å². The molecular weight excluding hydrogens is 320 g/mol. The molecule has 0 unspecified atom stereocenters. The van der Waals surface area contributed by atoms with Gasteiger partial charge in [0.15, 0.2) is 0 Å². The monoisotopic (exact) mass is 352 g/mol. The molecule has 2 aromatic carbocycles. The van der Waals surface area contributed by atoms with Crippen molar-refractivity contribution in [1.82, 2.24) is 0 Å². The van der Waals surface area contributed by atoms with Crippen LogP contribution in [0.3, 0.4) is 0 Å². The minimum absolute atomic E-state index is 0.860. The molecule has 0 aliphatic carbocycles. The van der Waals surface area contributed by atoms with Crippen molar-refractivity contribution in [2.24, 2.45) is 0 Å². The Kier molecular flexibility index (Phi) is 7.32. The molecule has 2 nitrogen and oxygen atoms in total. The molecule has 0 radical (unpaired) electrons. The molecule has 0 aliphatic heterocycles. The Morgan fingerprint density at radius 1 is 0.923 bits per heavy atom. The number of hydrogen-bond donors (Lipinski definition) is 0. The van der Waals surface area contributed by atoms with E-state index in [-0.39, 0.29) is 0 Å². The molecule has 0 aromatic heterocycles. The molecule has 2 rings (SSSR count). The van der Waals surface area contributed by atoms with E-state index in [0.717, 1.165) is 53.5 Å². The summed E-state index contributed by atoms with van der Waals surface area (Å²) in [4.78, 5) is 0. The average molecular weight is 353 g/mol. The van der Waals surface area contributed by atoms with E-state index in [4.69, 9.17) is 9.47 Å². The van der Waals surface area contributed by atoms with E-state index in [0.29, 0.717) is 0 Å². The van der Waals surface area contributed by atoms with Gasteiger partial charge in [0.25, 0.3) is 0 Å². The molecule has 0 saturated carbocycles. The predicted octanol–water partition coefficient (Wildman–Crippen LogP) is 6.79. The Morgan fingerprint density at radius 3 is 2.12 bits per heavy atom. The molecule has 0 spiro atoms. The Hall–Kier alpha value is -2.22. The molecule has 0 saturated heterocycles. The molecular formula is C24H32O2. The summed E-state index contributed by atoms with van der Waals surface area (Å²) in [6.45, 7) is 8.75. The normalized spacial score (nSPS) is 12.5. The smallest absolute Gasteiger partial charge is 0.130 e. The van der Waals surface area contributed by atoms with Crippen LogP contribution in [0.15, 0.2) is 47.6 Å². The first kappa shape index (κ1) is 20.1. The lowest BCUT2D eigenvalue weighted by Crippen LogP contribution is -2.00. The fraction of sp³-hybridized carbons (Fsp3) is 0.417. The number of ether oxygens (including phenoxy) is 2. The number of benzene rings is 2. The second-order valence-corrected chi connectivity index (χ2v) is 6.91. The zero-order valence-corrected chi connectivity index (χ0v) is 17.1. The molecule has 0 bridgehead atoms. The molecule has 2 heteroatoms. The van der Waals surface area contributed by atoms with Gasteiger partial charge in [0.1, 0.15) is 11.5 Å². The van der Waals surface area contributed by atoms with Gasteiger partial charge in [-0.25, -0.2) is 0 Å². The first-order valence-electron chi connectivity index (χ1n) is 9.46. The Labute approximate surface area is 158 Å². The highest BCUT2D eigenvalue weighted by atomic mass is 16.5. The Balaban J connectivity index is 2.34. The topological polar surface area (TPSA) is 18.5 Å². The van der Waals surface area contributed by atoms with Crippen molar-refractivity contribution in [3.8, 4) is 11.5 Å². The fourth-order valence-electron chi connectivity index (χ4n) is 3.36. The van der Waals surface area contributed by atoms with Crippen molar-refractivity contribution in [3.63, 3.8) is 0 Å². The van der Waals surface area contributed by atoms with Gasteiger partial charge < -0.3 is 9.47 Å². The van der Waals surface area contributed by atoms with Gasteiger partial charge in [-0.2, -0.15) is 0 Å². The Bertz CT molecular complexity index is 813. The summed E-state index contributed by atoms with van der Waals surface area (Å²) < 4.78 is 11.5. The van der Waals surface area contributed by atoms with E-state index < -0.39 is 0 Å². The number of fused-ring (bicyclic) bond motifs is 1. The molecule has 140 valence electrons. The highest BCUT2D eigenvalue weighted by Crippen LogP contribution is 2.40. The minimum Gasteiger partial charge on any atom is -0.496 e. The summed E-state index contributed by atoms with van der Waals surface area (Å²) in [6, 6.07) is 8.29. The van der Waals surface area contributed by atoms with Gasteiger partial charge in [-0.05, 0) is 52.0 Å². The zero-order valence-electron chi connectivity index (χ0n) is 17.1. The summed E-state index contributed by atoms with van der Waals surface area (Å²) in [5, 5.41) is 2.22. The Morgan fingerprint density at radius 2 is 1.54 bits per heavy atom. The molecule has 0 heterocycles. The van der Waals surface area contributed by atoms with E-state index in [1.807, 2.05) is 12.1 Å². The van der Waals surface area contributed by atoms with Gasteiger partial charge in [-0.1, -0.05) is 54.5 Å². The highest BCUT2D eigenvalue weighted by Gasteiger charge is 2.17. The van der Waals surface area contributed by atoms with Crippen LogP contribution < -0.4 is 9.47 Å². The van der Waals surface area contributed by atoms with Crippen LogP contribution >= 0.6 is 0 Å². The van der Waals surface area contributed by atoms with Gasteiger partial charge in [-0.3, -0.25) is 0 Å². The molecule has 0 amide bonds. The second-order valence-electron chi connectivity index (χ2n) is 6.91. The molecule has 0 aliphatic rings. The SMILES string of the molecule is CC/C(C)=C/CC/C(C)=C/Cc1c(C)c(OC)c2ccccc2c1OC. The largest absolute Gasteiger partial charge is 0.496 e. The van der Waals surface area contributed by atoms with E-state index in [1.165, 1.54) is 16.7 Å². The van der Waals surface area contributed by atoms with Crippen molar-refractivity contribution >= 4 is 10.8 Å². The highest BCUT2D eigenvalue weighted by molar-refractivity contribution is 5.96. The number of methoxy groups -OCH3 is 2. The molecule has 26 heavy (non-hydrogen) atoms. The van der Waals surface area contributed by atoms with Crippen LogP contribution in [0.25, 0.3) is 10.8 Å². The minimum atomic E-state index is 0.860. The summed E-state index contributed by atoms with van der Waals surface area (Å²) >= 11 is 0. The van der Waals surface area contributed by atoms with Gasteiger partial charge in [-0.15, -0.1) is 0 Å². The third kappa shape index (κ3) is 4.49. The third-order valence-electron chi connectivity index (χ3n) is 5.14. The van der Waals surface area contributed by atoms with Crippen molar-refractivity contribution in [2.45, 2.75) is 53.4 Å². The molecule has 2 aromatic rings. The maximum atomic E-state index is 5.80. The van der Waals surface area contributed by atoms with Gasteiger partial charge in [0, 0.05) is 16.3 Å². The number of hydrogen-bond acceptors (Lipinski definition) is 2. The van der Waals surface area contributed by atoms with Crippen LogP contribution in [0.4, 0.5) is 0 Å². The maximum Gasteiger partial charge on any atom is 0.130 e. The zero-order chi connectivity index (χ0) is 19.1. The van der Waals surface area contributed by atoms with Crippen LogP contribution in [-0.2, 0) is 6.42 Å². The molecule has 0 atom stereocenters. The van der Waals surface area contributed by atoms with Gasteiger partial charge in [0.05, 0.1) is 14.2 Å². The first-order valence-corrected chi connectivity index (χ1v) is 9.46. The summed E-state index contributed by atoms with van der Waals surface area (Å²) in [5.74, 6) is 1.91. The van der Waals surface area contributed by atoms with Gasteiger partial charge >= 0.3 is 0 Å². The third-order valence-corrected chi connectivity index (χ3v) is 5.14. The van der Waals surface area contributed by atoms with Crippen LogP contribution in [-0.4, -0.2) is 14.2 Å². The van der Waals surface area contributed by atoms with Crippen molar-refractivity contribution in [2.75, 3.05) is 14.2 Å². The first-order chi connectivity index (χ1) is 12.5. The number of rotatable bonds is 8. The lowest BCUT2D eigenvalue weighted by molar-refractivity contribution is 0.404. The van der Waals surface area contributed by atoms with Gasteiger partial charge in [0.2, 0.25) is 0 Å². The van der Waals surface area contributed by atoms with E-state index in [2.05, 4.69) is 52.0 Å². The average Bonchev–Trinajstić information content (AvgIpc) is 2.65. The standard InChI is InChI=1S/C24H32O2/c1-7-17(2)11-10-12-18(3)15-16-20-19(4)23(25-5)21-13-8-9-14-22(21)24(20)26-6/h8-9,11,13-15H,7,10,12,16H2,1-6H3/b17-11+,18-15+. The van der Waals surface area contributed by atoms with Crippen molar-refractivity contribution < 1.29 is 9.47 Å². The predicted molar refractivity (Wildman–Crippen MR) is 113 cm³/mol. The summed E-state index contributed by atoms with van der Waals surface area (Å²) in [7, 11) is 3.50. The van der Waals surface area contributed by atoms with E-state index >= 15 is 0 Å². The second kappa shape index (κ2) is 9.47. The van der Waals surface area contributed by atoms with Crippen LogP contribution in [0.5, 0.6) is 11.5 Å². The summed E-state index contributed by atoms with van der Waals surface area (Å²) in [5.41, 5.74) is 5.25. The van der Waals surface area contributed by atoms with Crippen LogP contribution in [0.1, 0.15) is 51.2 Å². The lowest BCUT2D eigenvalue weighted by atomic mass is 9.95. The molecule has 0 fully saturated rings. The quantitative estimate of drug-likeness (QED) is 0.487. The number of allylic oxidation sites excluding steroid dienone is 4. The van der Waals surface area contributed by atoms with Crippen molar-refractivity contribution in [1.29, 1.82) is 0 Å². The van der Waals surface area contributed by atoms with Crippen LogP contribution in [0, 0.1) is 6.92 Å². The summed E-state index contributed by atoms with van der Waals surface area (Å²) in [6.07, 6.45) is 8.88.